The lowest BCUT2D eigenvalue weighted by molar-refractivity contribution is -0.153. The highest BCUT2D eigenvalue weighted by Crippen LogP contribution is 2.61. The van der Waals surface area contributed by atoms with E-state index in [1.165, 1.54) is 12.8 Å². The smallest absolute Gasteiger partial charge is 0.229 e. The minimum Gasteiger partial charge on any atom is -0.339 e. The van der Waals surface area contributed by atoms with Crippen molar-refractivity contribution in [3.8, 4) is 0 Å². The molecule has 0 aromatic rings. The second-order valence-corrected chi connectivity index (χ2v) is 14.4. The van der Waals surface area contributed by atoms with Crippen molar-refractivity contribution < 1.29 is 13.2 Å². The first-order chi connectivity index (χ1) is 12.9. The third kappa shape index (κ3) is 3.54. The van der Waals surface area contributed by atoms with Gasteiger partial charge in [-0.05, 0) is 80.5 Å². The standard InChI is InChI=1S/C23H39NO3S/c1-5-28(26,27)13-12-22-6-9-23(10-7-22,11-8-22)19(25)24-17-21(4)15-18(24)14-20(2,3)16-21/h18H,5-17H2,1-4H3/t18-,21+,22?,23?/m0/s1. The quantitative estimate of drug-likeness (QED) is 0.668. The van der Waals surface area contributed by atoms with Crippen LogP contribution in [0.5, 0.6) is 0 Å². The Kier molecular flexibility index (Phi) is 4.77. The van der Waals surface area contributed by atoms with Crippen molar-refractivity contribution in [1.29, 1.82) is 0 Å². The highest BCUT2D eigenvalue weighted by atomic mass is 32.2. The molecular formula is C23H39NO3S. The summed E-state index contributed by atoms with van der Waals surface area (Å²) in [6.07, 6.45) is 10.4. The van der Waals surface area contributed by atoms with E-state index < -0.39 is 9.84 Å². The molecule has 0 N–H and O–H groups in total. The fourth-order valence-corrected chi connectivity index (χ4v) is 8.51. The largest absolute Gasteiger partial charge is 0.339 e. The van der Waals surface area contributed by atoms with Crippen LogP contribution in [0.4, 0.5) is 0 Å². The van der Waals surface area contributed by atoms with Crippen LogP contribution in [-0.4, -0.2) is 43.3 Å². The minimum absolute atomic E-state index is 0.149. The van der Waals surface area contributed by atoms with Crippen LogP contribution in [0.1, 0.15) is 91.9 Å². The molecule has 0 aromatic carbocycles. The number of hydrogen-bond acceptors (Lipinski definition) is 3. The van der Waals surface area contributed by atoms with Crippen molar-refractivity contribution in [3.63, 3.8) is 0 Å². The average Bonchev–Trinajstić information content (AvgIpc) is 2.90. The molecule has 4 saturated carbocycles. The zero-order chi connectivity index (χ0) is 20.4. The first-order valence-electron chi connectivity index (χ1n) is 11.4. The Morgan fingerprint density at radius 2 is 1.61 bits per heavy atom. The molecule has 4 bridgehead atoms. The number of likely N-dealkylation sites (tertiary alicyclic amines) is 1. The summed E-state index contributed by atoms with van der Waals surface area (Å²) in [5, 5.41) is 0. The lowest BCUT2D eigenvalue weighted by Crippen LogP contribution is -2.53. The monoisotopic (exact) mass is 409 g/mol. The van der Waals surface area contributed by atoms with Crippen LogP contribution in [-0.2, 0) is 14.6 Å². The molecule has 0 spiro atoms. The maximum absolute atomic E-state index is 13.8. The van der Waals surface area contributed by atoms with E-state index in [-0.39, 0.29) is 16.6 Å². The Bertz CT molecular complexity index is 731. The zero-order valence-corrected chi connectivity index (χ0v) is 19.2. The van der Waals surface area contributed by atoms with Gasteiger partial charge in [-0.1, -0.05) is 27.7 Å². The summed E-state index contributed by atoms with van der Waals surface area (Å²) in [5.74, 6) is 1.01. The Hall–Kier alpha value is -0.580. The molecule has 0 aromatic heterocycles. The number of amides is 1. The summed E-state index contributed by atoms with van der Waals surface area (Å²) < 4.78 is 24.0. The van der Waals surface area contributed by atoms with Crippen LogP contribution in [0.25, 0.3) is 0 Å². The van der Waals surface area contributed by atoms with Gasteiger partial charge in [-0.3, -0.25) is 4.79 Å². The van der Waals surface area contributed by atoms with E-state index >= 15 is 0 Å². The van der Waals surface area contributed by atoms with E-state index in [0.717, 1.165) is 57.9 Å². The van der Waals surface area contributed by atoms with Gasteiger partial charge >= 0.3 is 0 Å². The molecule has 4 nitrogen and oxygen atoms in total. The summed E-state index contributed by atoms with van der Waals surface area (Å²) in [4.78, 5) is 16.1. The van der Waals surface area contributed by atoms with E-state index in [4.69, 9.17) is 0 Å². The summed E-state index contributed by atoms with van der Waals surface area (Å²) >= 11 is 0. The Balaban J connectivity index is 1.44. The number of sulfone groups is 1. The van der Waals surface area contributed by atoms with Crippen LogP contribution in [0.15, 0.2) is 0 Å². The van der Waals surface area contributed by atoms with Gasteiger partial charge in [0, 0.05) is 23.8 Å². The van der Waals surface area contributed by atoms with Gasteiger partial charge in [0.05, 0.1) is 5.75 Å². The number of hydrogen-bond donors (Lipinski definition) is 0. The predicted molar refractivity (Wildman–Crippen MR) is 113 cm³/mol. The molecule has 5 fully saturated rings. The van der Waals surface area contributed by atoms with E-state index in [0.29, 0.717) is 28.5 Å². The zero-order valence-electron chi connectivity index (χ0n) is 18.3. The minimum atomic E-state index is -2.90. The SMILES string of the molecule is CCS(=O)(=O)CCC12CCC(C(=O)N3C[C@]4(C)C[C@@H]3CC(C)(C)C4)(CC1)CC2. The van der Waals surface area contributed by atoms with E-state index in [1.54, 1.807) is 6.92 Å². The second kappa shape index (κ2) is 6.46. The molecule has 0 unspecified atom stereocenters. The Morgan fingerprint density at radius 1 is 1.00 bits per heavy atom. The third-order valence-electron chi connectivity index (χ3n) is 8.91. The molecule has 28 heavy (non-hydrogen) atoms. The van der Waals surface area contributed by atoms with Crippen LogP contribution >= 0.6 is 0 Å². The molecule has 4 aliphatic carbocycles. The Morgan fingerprint density at radius 3 is 2.18 bits per heavy atom. The van der Waals surface area contributed by atoms with Crippen molar-refractivity contribution in [2.45, 2.75) is 97.9 Å². The predicted octanol–water partition coefficient (Wildman–Crippen LogP) is 4.58. The van der Waals surface area contributed by atoms with E-state index in [2.05, 4.69) is 25.7 Å². The van der Waals surface area contributed by atoms with Gasteiger partial charge in [-0.25, -0.2) is 8.42 Å². The van der Waals surface area contributed by atoms with Crippen LogP contribution in [0.2, 0.25) is 0 Å². The molecule has 2 atom stereocenters. The van der Waals surface area contributed by atoms with E-state index in [9.17, 15) is 13.2 Å². The maximum atomic E-state index is 13.8. The third-order valence-corrected chi connectivity index (χ3v) is 10.6. The number of nitrogens with zero attached hydrogens (tertiary/aromatic N) is 1. The Labute approximate surface area is 171 Å². The normalized spacial score (nSPS) is 42.0. The number of carbonyl (C=O) groups excluding carboxylic acids is 1. The first-order valence-corrected chi connectivity index (χ1v) is 13.3. The van der Waals surface area contributed by atoms with Gasteiger partial charge in [0.1, 0.15) is 9.84 Å². The molecule has 0 radical (unpaired) electrons. The highest BCUT2D eigenvalue weighted by molar-refractivity contribution is 7.91. The number of fused-ring (bicyclic) bond motifs is 5. The van der Waals surface area contributed by atoms with Crippen molar-refractivity contribution in [1.82, 2.24) is 4.90 Å². The first kappa shape index (κ1) is 20.7. The number of rotatable bonds is 5. The van der Waals surface area contributed by atoms with Gasteiger partial charge in [0.15, 0.2) is 0 Å². The van der Waals surface area contributed by atoms with Crippen molar-refractivity contribution >= 4 is 15.7 Å². The molecule has 1 amide bonds. The number of carbonyl (C=O) groups is 1. The van der Waals surface area contributed by atoms with Gasteiger partial charge in [0.25, 0.3) is 0 Å². The maximum Gasteiger partial charge on any atom is 0.229 e. The van der Waals surface area contributed by atoms with Gasteiger partial charge in [-0.2, -0.15) is 0 Å². The van der Waals surface area contributed by atoms with Crippen molar-refractivity contribution in [2.24, 2.45) is 21.7 Å². The highest BCUT2D eigenvalue weighted by Gasteiger charge is 2.57. The van der Waals surface area contributed by atoms with Gasteiger partial charge in [-0.15, -0.1) is 0 Å². The summed E-state index contributed by atoms with van der Waals surface area (Å²) in [6, 6.07) is 0.430. The van der Waals surface area contributed by atoms with E-state index in [1.807, 2.05) is 0 Å². The molecule has 160 valence electrons. The molecule has 5 rings (SSSR count). The van der Waals surface area contributed by atoms with Crippen molar-refractivity contribution in [3.05, 3.63) is 0 Å². The fraction of sp³-hybridized carbons (Fsp3) is 0.957. The van der Waals surface area contributed by atoms with Gasteiger partial charge in [0.2, 0.25) is 5.91 Å². The summed E-state index contributed by atoms with van der Waals surface area (Å²) in [6.45, 7) is 9.80. The lowest BCUT2D eigenvalue weighted by atomic mass is 9.52. The van der Waals surface area contributed by atoms with Gasteiger partial charge < -0.3 is 4.90 Å². The molecule has 5 aliphatic rings. The average molecular weight is 410 g/mol. The summed E-state index contributed by atoms with van der Waals surface area (Å²) in [5.41, 5.74) is 0.659. The van der Waals surface area contributed by atoms with Crippen LogP contribution in [0, 0.1) is 21.7 Å². The van der Waals surface area contributed by atoms with Crippen LogP contribution < -0.4 is 0 Å². The lowest BCUT2D eigenvalue weighted by Gasteiger charge is -2.54. The molecule has 1 aliphatic heterocycles. The summed E-state index contributed by atoms with van der Waals surface area (Å²) in [7, 11) is -2.90. The molecular weight excluding hydrogens is 370 g/mol. The topological polar surface area (TPSA) is 54.5 Å². The molecule has 1 heterocycles. The molecule has 1 saturated heterocycles. The molecule has 5 heteroatoms. The van der Waals surface area contributed by atoms with Crippen LogP contribution in [0.3, 0.4) is 0 Å². The fourth-order valence-electron chi connectivity index (χ4n) is 7.48. The second-order valence-electron chi connectivity index (χ2n) is 11.9. The van der Waals surface area contributed by atoms with Crippen molar-refractivity contribution in [2.75, 3.05) is 18.1 Å².